The van der Waals surface area contributed by atoms with Gasteiger partial charge >= 0.3 is 11.9 Å². The van der Waals surface area contributed by atoms with E-state index < -0.39 is 17.8 Å². The number of hydrogen-bond donors (Lipinski definition) is 3. The number of carbonyl (C=O) groups excluding carboxylic acids is 2. The molecular weight excluding hydrogens is 550 g/mol. The van der Waals surface area contributed by atoms with Crippen molar-refractivity contribution in [3.8, 4) is 12.3 Å². The van der Waals surface area contributed by atoms with Crippen molar-refractivity contribution < 1.29 is 29.4 Å². The molecule has 0 aliphatic heterocycles. The Bertz CT molecular complexity index is 1500. The standard InChI is InChI=1S/C29H25N3O6S2/c1-3-16-32(31(2)17-19-12-14-20(30)15-13-19)27(34)26(40-24-11-7-5-9-22(24)29(37)38)25(18-33)39-23-10-6-4-8-21(23)28(35)36/h1,4-15,18H,16-17,30H2,2H3,(H,35,36)(H,37,38)/b26-25-. The number of rotatable bonds is 12. The van der Waals surface area contributed by atoms with E-state index in [1.807, 2.05) is 0 Å². The van der Waals surface area contributed by atoms with Crippen LogP contribution in [0.5, 0.6) is 0 Å². The molecule has 0 saturated heterocycles. The molecule has 0 unspecified atom stereocenters. The van der Waals surface area contributed by atoms with E-state index in [4.69, 9.17) is 12.2 Å². The fraction of sp³-hybridized carbons (Fsp3) is 0.103. The second kappa shape index (κ2) is 14.0. The van der Waals surface area contributed by atoms with Crippen LogP contribution in [0.1, 0.15) is 26.3 Å². The predicted octanol–water partition coefficient (Wildman–Crippen LogP) is 4.47. The number of carbonyl (C=O) groups is 4. The quantitative estimate of drug-likeness (QED) is 0.0707. The molecule has 0 spiro atoms. The predicted molar refractivity (Wildman–Crippen MR) is 154 cm³/mol. The molecule has 0 saturated carbocycles. The molecule has 0 heterocycles. The molecule has 11 heteroatoms. The van der Waals surface area contributed by atoms with Crippen molar-refractivity contribution in [1.82, 2.24) is 10.0 Å². The normalized spacial score (nSPS) is 11.3. The molecule has 3 rings (SSSR count). The third-order valence-electron chi connectivity index (χ3n) is 5.47. The average Bonchev–Trinajstić information content (AvgIpc) is 2.94. The van der Waals surface area contributed by atoms with Crippen molar-refractivity contribution >= 4 is 53.3 Å². The third-order valence-corrected chi connectivity index (χ3v) is 7.87. The maximum Gasteiger partial charge on any atom is 0.336 e. The lowest BCUT2D eigenvalue weighted by molar-refractivity contribution is -0.140. The van der Waals surface area contributed by atoms with Crippen LogP contribution in [-0.2, 0) is 16.1 Å². The first-order chi connectivity index (χ1) is 19.2. The maximum atomic E-state index is 14.1. The zero-order valence-corrected chi connectivity index (χ0v) is 22.9. The number of thioether (sulfide) groups is 2. The van der Waals surface area contributed by atoms with E-state index in [0.717, 1.165) is 29.1 Å². The zero-order valence-electron chi connectivity index (χ0n) is 21.3. The van der Waals surface area contributed by atoms with Crippen LogP contribution >= 0.6 is 23.5 Å². The summed E-state index contributed by atoms with van der Waals surface area (Å²) < 4.78 is 0. The van der Waals surface area contributed by atoms with Crippen molar-refractivity contribution in [2.75, 3.05) is 19.3 Å². The molecule has 0 aromatic heterocycles. The molecule has 0 aliphatic carbocycles. The minimum Gasteiger partial charge on any atom is -0.478 e. The first-order valence-corrected chi connectivity index (χ1v) is 13.3. The number of hydrazine groups is 1. The molecular formula is C29H25N3O6S2. The zero-order chi connectivity index (χ0) is 29.2. The summed E-state index contributed by atoms with van der Waals surface area (Å²) in [5.41, 5.74) is 7.06. The molecule has 0 fully saturated rings. The fourth-order valence-corrected chi connectivity index (χ4v) is 5.64. The Morgan fingerprint density at radius 1 is 0.900 bits per heavy atom. The van der Waals surface area contributed by atoms with Gasteiger partial charge in [-0.05, 0) is 42.0 Å². The van der Waals surface area contributed by atoms with Gasteiger partial charge in [0.05, 0.1) is 27.5 Å². The molecule has 204 valence electrons. The molecule has 0 bridgehead atoms. The number of allylic oxidation sites excluding steroid dienone is 1. The second-order valence-corrected chi connectivity index (χ2v) is 10.4. The number of carboxylic acids is 2. The van der Waals surface area contributed by atoms with Gasteiger partial charge in [0.25, 0.3) is 5.91 Å². The highest BCUT2D eigenvalue weighted by Gasteiger charge is 2.28. The van der Waals surface area contributed by atoms with Gasteiger partial charge in [0.1, 0.15) is 0 Å². The fourth-order valence-electron chi connectivity index (χ4n) is 3.54. The van der Waals surface area contributed by atoms with Gasteiger partial charge in [-0.1, -0.05) is 65.8 Å². The largest absolute Gasteiger partial charge is 0.478 e. The number of amides is 1. The SMILES string of the molecule is C#CCN(C(=O)/C(Sc1ccccc1C(=O)O)=C(\C=O)Sc1ccccc1C(=O)O)N(C)Cc1ccc(N)cc1. The Morgan fingerprint density at radius 2 is 1.43 bits per heavy atom. The van der Waals surface area contributed by atoms with Crippen LogP contribution in [0, 0.1) is 12.3 Å². The lowest BCUT2D eigenvalue weighted by Crippen LogP contribution is -2.44. The molecule has 0 atom stereocenters. The van der Waals surface area contributed by atoms with Crippen molar-refractivity contribution in [3.63, 3.8) is 0 Å². The molecule has 9 nitrogen and oxygen atoms in total. The van der Waals surface area contributed by atoms with Crippen LogP contribution in [0.4, 0.5) is 5.69 Å². The van der Waals surface area contributed by atoms with Gasteiger partial charge in [0.15, 0.2) is 6.29 Å². The summed E-state index contributed by atoms with van der Waals surface area (Å²) in [5.74, 6) is -0.637. The molecule has 0 radical (unpaired) electrons. The molecule has 4 N–H and O–H groups in total. The number of anilines is 1. The Labute approximate surface area is 239 Å². The van der Waals surface area contributed by atoms with Gasteiger partial charge in [-0.25, -0.2) is 14.6 Å². The summed E-state index contributed by atoms with van der Waals surface area (Å²) in [6.45, 7) is 0.111. The van der Waals surface area contributed by atoms with E-state index in [9.17, 15) is 29.4 Å². The van der Waals surface area contributed by atoms with Crippen molar-refractivity contribution in [1.29, 1.82) is 0 Å². The van der Waals surface area contributed by atoms with Gasteiger partial charge in [-0.3, -0.25) is 14.6 Å². The van der Waals surface area contributed by atoms with Crippen LogP contribution in [0.25, 0.3) is 0 Å². The van der Waals surface area contributed by atoms with E-state index in [1.165, 1.54) is 29.3 Å². The third kappa shape index (κ3) is 7.54. The van der Waals surface area contributed by atoms with Gasteiger partial charge in [0, 0.05) is 29.1 Å². The van der Waals surface area contributed by atoms with Crippen molar-refractivity contribution in [3.05, 3.63) is 99.3 Å². The number of hydrogen-bond acceptors (Lipinski definition) is 8. The summed E-state index contributed by atoms with van der Waals surface area (Å²) in [6.07, 6.45) is 6.04. The Kier molecular flexibility index (Phi) is 10.6. The van der Waals surface area contributed by atoms with E-state index in [1.54, 1.807) is 60.6 Å². The number of carboxylic acid groups (broad SMARTS) is 2. The number of terminal acetylenes is 1. The molecule has 0 aliphatic rings. The smallest absolute Gasteiger partial charge is 0.336 e. The first-order valence-electron chi connectivity index (χ1n) is 11.7. The Hall–Kier alpha value is -4.50. The summed E-state index contributed by atoms with van der Waals surface area (Å²) in [6, 6.07) is 19.1. The van der Waals surface area contributed by atoms with Crippen molar-refractivity contribution in [2.45, 2.75) is 16.3 Å². The minimum atomic E-state index is -1.22. The van der Waals surface area contributed by atoms with Crippen LogP contribution in [0.3, 0.4) is 0 Å². The average molecular weight is 576 g/mol. The van der Waals surface area contributed by atoms with Gasteiger partial charge in [-0.2, -0.15) is 0 Å². The topological polar surface area (TPSA) is 141 Å². The summed E-state index contributed by atoms with van der Waals surface area (Å²) in [5, 5.41) is 22.2. The van der Waals surface area contributed by atoms with Gasteiger partial charge in [-0.15, -0.1) is 6.42 Å². The molecule has 3 aromatic carbocycles. The van der Waals surface area contributed by atoms with E-state index in [2.05, 4.69) is 5.92 Å². The number of benzene rings is 3. The van der Waals surface area contributed by atoms with E-state index >= 15 is 0 Å². The highest BCUT2D eigenvalue weighted by molar-refractivity contribution is 8.08. The number of aromatic carboxylic acids is 2. The number of nitrogens with two attached hydrogens (primary N) is 1. The number of nitrogens with zero attached hydrogens (tertiary/aromatic N) is 2. The van der Waals surface area contributed by atoms with E-state index in [0.29, 0.717) is 12.0 Å². The second-order valence-electron chi connectivity index (χ2n) is 8.24. The lowest BCUT2D eigenvalue weighted by Gasteiger charge is -2.31. The highest BCUT2D eigenvalue weighted by Crippen LogP contribution is 2.39. The molecule has 3 aromatic rings. The number of aldehydes is 1. The monoisotopic (exact) mass is 575 g/mol. The van der Waals surface area contributed by atoms with Crippen LogP contribution in [-0.4, -0.2) is 58.0 Å². The van der Waals surface area contributed by atoms with E-state index in [-0.39, 0.29) is 43.8 Å². The Morgan fingerprint density at radius 3 is 1.93 bits per heavy atom. The van der Waals surface area contributed by atoms with Crippen LogP contribution in [0.2, 0.25) is 0 Å². The highest BCUT2D eigenvalue weighted by atomic mass is 32.2. The maximum absolute atomic E-state index is 14.1. The minimum absolute atomic E-state index is 0.0597. The van der Waals surface area contributed by atoms with Gasteiger partial charge < -0.3 is 15.9 Å². The molecule has 1 amide bonds. The lowest BCUT2D eigenvalue weighted by atomic mass is 10.2. The first kappa shape index (κ1) is 30.0. The van der Waals surface area contributed by atoms with Gasteiger partial charge in [0.2, 0.25) is 0 Å². The van der Waals surface area contributed by atoms with Crippen molar-refractivity contribution in [2.24, 2.45) is 0 Å². The summed E-state index contributed by atoms with van der Waals surface area (Å²) >= 11 is 1.59. The van der Waals surface area contributed by atoms with Crippen LogP contribution < -0.4 is 5.73 Å². The van der Waals surface area contributed by atoms with Crippen LogP contribution in [0.15, 0.2) is 92.4 Å². The Balaban J connectivity index is 2.12. The summed E-state index contributed by atoms with van der Waals surface area (Å²) in [4.78, 5) is 50.4. The number of nitrogen functional groups attached to an aromatic ring is 1. The summed E-state index contributed by atoms with van der Waals surface area (Å²) in [7, 11) is 1.65. The molecule has 40 heavy (non-hydrogen) atoms.